The first kappa shape index (κ1) is 20.3. The molecule has 4 aromatic rings. The number of hydrogen-bond donors (Lipinski definition) is 2. The van der Waals surface area contributed by atoms with Gasteiger partial charge in [-0.15, -0.1) is 0 Å². The highest BCUT2D eigenvalue weighted by molar-refractivity contribution is 5.95. The molecule has 162 valence electrons. The van der Waals surface area contributed by atoms with Crippen molar-refractivity contribution < 1.29 is 9.53 Å². The monoisotopic (exact) mass is 427 g/mol. The second kappa shape index (κ2) is 8.51. The van der Waals surface area contributed by atoms with Crippen molar-refractivity contribution in [2.75, 3.05) is 0 Å². The highest BCUT2D eigenvalue weighted by Gasteiger charge is 2.26. The Morgan fingerprint density at radius 2 is 2.00 bits per heavy atom. The van der Waals surface area contributed by atoms with Crippen molar-refractivity contribution in [2.45, 2.75) is 44.8 Å². The van der Waals surface area contributed by atoms with Crippen LogP contribution in [0.1, 0.15) is 41.7 Å². The first-order valence-electron chi connectivity index (χ1n) is 10.9. The summed E-state index contributed by atoms with van der Waals surface area (Å²) >= 11 is 0. The molecule has 0 aliphatic heterocycles. The van der Waals surface area contributed by atoms with Gasteiger partial charge in [-0.05, 0) is 56.5 Å². The van der Waals surface area contributed by atoms with Crippen molar-refractivity contribution >= 4 is 16.9 Å². The lowest BCUT2D eigenvalue weighted by Crippen LogP contribution is -2.40. The molecular weight excluding hydrogens is 402 g/mol. The fraction of sp³-hybridized carbons (Fsp3) is 0.280. The number of nitrogens with two attached hydrogens (primary N) is 1. The van der Waals surface area contributed by atoms with Crippen molar-refractivity contribution in [3.63, 3.8) is 0 Å². The number of rotatable bonds is 4. The topological polar surface area (TPSA) is 107 Å². The molecule has 32 heavy (non-hydrogen) atoms. The van der Waals surface area contributed by atoms with Crippen LogP contribution in [0, 0.1) is 6.92 Å². The first-order valence-corrected chi connectivity index (χ1v) is 10.9. The number of hydrogen-bond acceptors (Lipinski definition) is 6. The molecule has 0 radical (unpaired) electrons. The normalized spacial score (nSPS) is 18.6. The quantitative estimate of drug-likeness (QED) is 0.467. The third-order valence-electron chi connectivity index (χ3n) is 5.99. The van der Waals surface area contributed by atoms with Crippen LogP contribution in [0.5, 0.6) is 0 Å². The molecule has 1 aliphatic carbocycles. The summed E-state index contributed by atoms with van der Waals surface area (Å²) in [7, 11) is 0. The predicted octanol–water partition coefficient (Wildman–Crippen LogP) is 4.42. The molecule has 7 heteroatoms. The molecular formula is C25H25N5O2. The third-order valence-corrected chi connectivity index (χ3v) is 5.99. The summed E-state index contributed by atoms with van der Waals surface area (Å²) in [6.07, 6.45) is 6.82. The molecule has 0 spiro atoms. The van der Waals surface area contributed by atoms with Gasteiger partial charge < -0.3 is 15.5 Å². The van der Waals surface area contributed by atoms with Crippen molar-refractivity contribution in [1.29, 1.82) is 0 Å². The van der Waals surface area contributed by atoms with Gasteiger partial charge >= 0.3 is 5.97 Å². The van der Waals surface area contributed by atoms with Gasteiger partial charge in [0.1, 0.15) is 6.10 Å². The third kappa shape index (κ3) is 3.99. The van der Waals surface area contributed by atoms with Crippen LogP contribution in [0.25, 0.3) is 33.5 Å². The van der Waals surface area contributed by atoms with Gasteiger partial charge in [0, 0.05) is 28.9 Å². The van der Waals surface area contributed by atoms with Crippen LogP contribution < -0.4 is 5.73 Å². The summed E-state index contributed by atoms with van der Waals surface area (Å²) in [5.74, 6) is -0.378. The number of carbonyl (C=O) groups is 1. The van der Waals surface area contributed by atoms with Gasteiger partial charge in [-0.25, -0.2) is 9.78 Å². The number of pyridine rings is 2. The van der Waals surface area contributed by atoms with E-state index >= 15 is 0 Å². The fourth-order valence-electron chi connectivity index (χ4n) is 4.26. The molecule has 7 nitrogen and oxygen atoms in total. The maximum absolute atomic E-state index is 12.7. The Kier molecular flexibility index (Phi) is 5.41. The van der Waals surface area contributed by atoms with Crippen molar-refractivity contribution in [3.05, 3.63) is 66.2 Å². The number of esters is 1. The maximum atomic E-state index is 12.7. The minimum Gasteiger partial charge on any atom is -0.457 e. The van der Waals surface area contributed by atoms with E-state index in [0.29, 0.717) is 5.56 Å². The number of H-pyrrole nitrogens is 1. The van der Waals surface area contributed by atoms with Crippen LogP contribution >= 0.6 is 0 Å². The van der Waals surface area contributed by atoms with Gasteiger partial charge in [0.2, 0.25) is 0 Å². The second-order valence-corrected chi connectivity index (χ2v) is 8.31. The summed E-state index contributed by atoms with van der Waals surface area (Å²) in [6, 6.07) is 13.5. The lowest BCUT2D eigenvalue weighted by Gasteiger charge is -2.28. The van der Waals surface area contributed by atoms with Gasteiger partial charge in [0.15, 0.2) is 0 Å². The fourth-order valence-corrected chi connectivity index (χ4v) is 4.26. The minimum atomic E-state index is -0.378. The average Bonchev–Trinajstić information content (AvgIpc) is 3.30. The molecule has 3 heterocycles. The Morgan fingerprint density at radius 1 is 1.12 bits per heavy atom. The van der Waals surface area contributed by atoms with Gasteiger partial charge in [-0.3, -0.25) is 9.97 Å². The Labute approximate surface area is 186 Å². The first-order chi connectivity index (χ1) is 15.6. The van der Waals surface area contributed by atoms with Gasteiger partial charge in [0.25, 0.3) is 0 Å². The average molecular weight is 428 g/mol. The van der Waals surface area contributed by atoms with E-state index in [9.17, 15) is 4.79 Å². The summed E-state index contributed by atoms with van der Waals surface area (Å²) in [6.45, 7) is 1.96. The van der Waals surface area contributed by atoms with Gasteiger partial charge in [0.05, 0.1) is 34.5 Å². The SMILES string of the molecule is Cc1cccc(-c2[nH]cnc2-c2ccc3ncc(C(=O)O[C@@H]4CCCC[C@@H]4N)cc3c2)n1. The predicted molar refractivity (Wildman–Crippen MR) is 123 cm³/mol. The number of imidazole rings is 1. The van der Waals surface area contributed by atoms with Crippen LogP contribution in [0.2, 0.25) is 0 Å². The molecule has 2 atom stereocenters. The number of nitrogens with one attached hydrogen (secondary N) is 1. The summed E-state index contributed by atoms with van der Waals surface area (Å²) in [5.41, 5.74) is 11.7. The van der Waals surface area contributed by atoms with Crippen LogP contribution in [0.4, 0.5) is 0 Å². The molecule has 0 unspecified atom stereocenters. The van der Waals surface area contributed by atoms with Crippen molar-refractivity contribution in [3.8, 4) is 22.6 Å². The summed E-state index contributed by atoms with van der Waals surface area (Å²) in [5, 5.41) is 0.844. The molecule has 1 aliphatic rings. The Morgan fingerprint density at radius 3 is 2.84 bits per heavy atom. The number of nitrogens with zero attached hydrogens (tertiary/aromatic N) is 3. The van der Waals surface area contributed by atoms with Gasteiger partial charge in [-0.2, -0.15) is 0 Å². The lowest BCUT2D eigenvalue weighted by atomic mass is 9.93. The van der Waals surface area contributed by atoms with E-state index in [1.54, 1.807) is 12.5 Å². The highest BCUT2D eigenvalue weighted by atomic mass is 16.5. The van der Waals surface area contributed by atoms with E-state index in [4.69, 9.17) is 10.5 Å². The number of aromatic amines is 1. The number of ether oxygens (including phenoxy) is 1. The summed E-state index contributed by atoms with van der Waals surface area (Å²) in [4.78, 5) is 29.5. The number of aryl methyl sites for hydroxylation is 1. The zero-order valence-corrected chi connectivity index (χ0v) is 17.9. The molecule has 3 aromatic heterocycles. The van der Waals surface area contributed by atoms with Crippen molar-refractivity contribution in [1.82, 2.24) is 19.9 Å². The lowest BCUT2D eigenvalue weighted by molar-refractivity contribution is 0.0151. The minimum absolute atomic E-state index is 0.0963. The van der Waals surface area contributed by atoms with Crippen LogP contribution in [-0.4, -0.2) is 38.1 Å². The Bertz CT molecular complexity index is 1280. The zero-order chi connectivity index (χ0) is 22.1. The largest absolute Gasteiger partial charge is 0.457 e. The molecule has 1 fully saturated rings. The maximum Gasteiger partial charge on any atom is 0.340 e. The standard InChI is InChI=1S/C25H25N5O2/c1-15-5-4-7-21(30-15)24-23(28-14-29-24)16-9-10-20-17(11-16)12-18(13-27-20)25(31)32-22-8-3-2-6-19(22)26/h4-5,7,9-14,19,22H,2-3,6,8,26H2,1H3,(H,28,29)/t19-,22+/m0/s1. The molecule has 0 bridgehead atoms. The zero-order valence-electron chi connectivity index (χ0n) is 17.9. The van der Waals surface area contributed by atoms with Crippen LogP contribution in [0.15, 0.2) is 55.0 Å². The molecule has 3 N–H and O–H groups in total. The molecule has 1 aromatic carbocycles. The summed E-state index contributed by atoms with van der Waals surface area (Å²) < 4.78 is 5.70. The van der Waals surface area contributed by atoms with Crippen molar-refractivity contribution in [2.24, 2.45) is 5.73 Å². The van der Waals surface area contributed by atoms with E-state index in [1.807, 2.05) is 49.4 Å². The number of aromatic nitrogens is 4. The molecule has 5 rings (SSSR count). The van der Waals surface area contributed by atoms with Crippen LogP contribution in [-0.2, 0) is 4.74 Å². The molecule has 0 saturated heterocycles. The van der Waals surface area contributed by atoms with Gasteiger partial charge in [-0.1, -0.05) is 18.6 Å². The molecule has 0 amide bonds. The van der Waals surface area contributed by atoms with E-state index in [0.717, 1.165) is 64.9 Å². The van der Waals surface area contributed by atoms with Crippen LogP contribution in [0.3, 0.4) is 0 Å². The number of benzene rings is 1. The highest BCUT2D eigenvalue weighted by Crippen LogP contribution is 2.30. The van der Waals surface area contributed by atoms with E-state index in [-0.39, 0.29) is 18.1 Å². The number of fused-ring (bicyclic) bond motifs is 1. The number of carbonyl (C=O) groups excluding carboxylic acids is 1. The smallest absolute Gasteiger partial charge is 0.340 e. The molecule has 1 saturated carbocycles. The van der Waals surface area contributed by atoms with E-state index < -0.39 is 0 Å². The van der Waals surface area contributed by atoms with E-state index in [2.05, 4.69) is 19.9 Å². The Balaban J connectivity index is 1.46. The Hall–Kier alpha value is -3.58. The second-order valence-electron chi connectivity index (χ2n) is 8.31. The van der Waals surface area contributed by atoms with E-state index in [1.165, 1.54) is 0 Å².